The summed E-state index contributed by atoms with van der Waals surface area (Å²) in [5.41, 5.74) is -1.03. The van der Waals surface area contributed by atoms with Gasteiger partial charge in [-0.05, 0) is 50.9 Å². The van der Waals surface area contributed by atoms with Crippen molar-refractivity contribution in [3.63, 3.8) is 0 Å². The molecule has 0 aromatic carbocycles. The Bertz CT molecular complexity index is 766. The topological polar surface area (TPSA) is 186 Å². The summed E-state index contributed by atoms with van der Waals surface area (Å²) >= 11 is 0. The lowest BCUT2D eigenvalue weighted by molar-refractivity contribution is -0.156. The van der Waals surface area contributed by atoms with Crippen LogP contribution in [0.2, 0.25) is 0 Å². The van der Waals surface area contributed by atoms with E-state index in [4.69, 9.17) is 15.3 Å². The second-order valence-electron chi connectivity index (χ2n) is 11.5. The van der Waals surface area contributed by atoms with E-state index < -0.39 is 35.3 Å². The predicted molar refractivity (Wildman–Crippen MR) is 155 cm³/mol. The average Bonchev–Trinajstić information content (AvgIpc) is 2.88. The Morgan fingerprint density at radius 3 is 1.05 bits per heavy atom. The third-order valence-corrected chi connectivity index (χ3v) is 8.13. The summed E-state index contributed by atoms with van der Waals surface area (Å²) in [4.78, 5) is 56.5. The molecule has 10 heteroatoms. The van der Waals surface area contributed by atoms with Crippen molar-refractivity contribution in [2.45, 2.75) is 154 Å². The van der Waals surface area contributed by atoms with E-state index in [0.717, 1.165) is 77.0 Å². The highest BCUT2D eigenvalue weighted by atomic mass is 16.4. The number of carboxylic acids is 5. The molecule has 0 fully saturated rings. The van der Waals surface area contributed by atoms with Gasteiger partial charge >= 0.3 is 29.8 Å². The van der Waals surface area contributed by atoms with Crippen molar-refractivity contribution >= 4 is 29.8 Å². The van der Waals surface area contributed by atoms with E-state index in [1.807, 2.05) is 0 Å². The first kappa shape index (κ1) is 38.4. The van der Waals surface area contributed by atoms with Crippen LogP contribution in [0.5, 0.6) is 0 Å². The first-order valence-corrected chi connectivity index (χ1v) is 15.6. The van der Waals surface area contributed by atoms with Crippen molar-refractivity contribution in [3.8, 4) is 0 Å². The predicted octanol–water partition coefficient (Wildman–Crippen LogP) is 7.37. The van der Waals surface area contributed by atoms with Crippen LogP contribution < -0.4 is 0 Å². The maximum absolute atomic E-state index is 12.9. The summed E-state index contributed by atoms with van der Waals surface area (Å²) in [5.74, 6) is -4.56. The normalized spacial score (nSPS) is 13.4. The molecule has 0 aromatic heterocycles. The number of hydrogen-bond acceptors (Lipinski definition) is 5. The third-order valence-electron chi connectivity index (χ3n) is 8.13. The molecule has 41 heavy (non-hydrogen) atoms. The quantitative estimate of drug-likeness (QED) is 0.0531. The molecule has 0 aromatic rings. The van der Waals surface area contributed by atoms with Gasteiger partial charge in [-0.2, -0.15) is 0 Å². The smallest absolute Gasteiger partial charge is 0.309 e. The van der Waals surface area contributed by atoms with Gasteiger partial charge in [-0.15, -0.1) is 0 Å². The van der Waals surface area contributed by atoms with Crippen LogP contribution in [0, 0.1) is 11.3 Å². The zero-order valence-corrected chi connectivity index (χ0v) is 24.8. The van der Waals surface area contributed by atoms with Gasteiger partial charge in [0.25, 0.3) is 0 Å². The summed E-state index contributed by atoms with van der Waals surface area (Å²) < 4.78 is 0. The van der Waals surface area contributed by atoms with Crippen LogP contribution in [-0.4, -0.2) is 55.4 Å². The van der Waals surface area contributed by atoms with Crippen molar-refractivity contribution in [2.24, 2.45) is 11.3 Å². The highest BCUT2D eigenvalue weighted by molar-refractivity contribution is 5.75. The molecule has 2 unspecified atom stereocenters. The van der Waals surface area contributed by atoms with Crippen LogP contribution in [0.15, 0.2) is 0 Å². The fourth-order valence-electron chi connectivity index (χ4n) is 5.78. The van der Waals surface area contributed by atoms with Crippen LogP contribution in [0.1, 0.15) is 154 Å². The Hall–Kier alpha value is -2.65. The molecule has 0 aliphatic heterocycles. The monoisotopic (exact) mass is 586 g/mol. The van der Waals surface area contributed by atoms with Crippen LogP contribution in [0.3, 0.4) is 0 Å². The van der Waals surface area contributed by atoms with Gasteiger partial charge in [0.1, 0.15) is 0 Å². The van der Waals surface area contributed by atoms with Gasteiger partial charge in [-0.3, -0.25) is 24.0 Å². The van der Waals surface area contributed by atoms with Gasteiger partial charge in [0.15, 0.2) is 0 Å². The Morgan fingerprint density at radius 2 is 0.707 bits per heavy atom. The molecule has 0 rings (SSSR count). The van der Waals surface area contributed by atoms with Gasteiger partial charge in [0.2, 0.25) is 0 Å². The van der Waals surface area contributed by atoms with Crippen LogP contribution in [-0.2, 0) is 24.0 Å². The van der Waals surface area contributed by atoms with Crippen molar-refractivity contribution in [2.75, 3.05) is 0 Å². The van der Waals surface area contributed by atoms with Gasteiger partial charge in [0.05, 0.1) is 5.41 Å². The number of rotatable bonds is 30. The lowest BCUT2D eigenvalue weighted by Gasteiger charge is -2.38. The molecule has 0 amide bonds. The molecule has 0 aliphatic carbocycles. The zero-order chi connectivity index (χ0) is 30.9. The summed E-state index contributed by atoms with van der Waals surface area (Å²) in [6, 6.07) is 0. The summed E-state index contributed by atoms with van der Waals surface area (Å²) in [6.07, 6.45) is 14.6. The SMILES string of the molecule is O=C(O)CCCCCCCCCC(CCCCCCCC(=O)O)(C(=O)O)C(CCCCCCC(=O)O)CCC(=O)O. The fourth-order valence-corrected chi connectivity index (χ4v) is 5.78. The molecular weight excluding hydrogens is 532 g/mol. The van der Waals surface area contributed by atoms with Crippen molar-refractivity contribution in [1.82, 2.24) is 0 Å². The second kappa shape index (κ2) is 24.0. The lowest BCUT2D eigenvalue weighted by Crippen LogP contribution is -2.39. The van der Waals surface area contributed by atoms with Crippen molar-refractivity contribution in [1.29, 1.82) is 0 Å². The maximum atomic E-state index is 12.9. The Kier molecular flexibility index (Phi) is 22.4. The third kappa shape index (κ3) is 20.8. The Morgan fingerprint density at radius 1 is 0.390 bits per heavy atom. The van der Waals surface area contributed by atoms with Gasteiger partial charge in [0, 0.05) is 25.7 Å². The average molecular weight is 587 g/mol. The molecule has 0 saturated carbocycles. The standard InChI is InChI=1S/C31H54O10/c32-26(33)18-12-5-2-1-3-9-15-23-31(30(40)41,24-16-10-4-6-13-19-27(34)35)25(21-22-29(38)39)17-11-7-8-14-20-28(36)37/h25H,1-24H2,(H,32,33)(H,34,35)(H,36,37)(H,38,39)(H,40,41). The minimum absolute atomic E-state index is 0.0930. The highest BCUT2D eigenvalue weighted by Crippen LogP contribution is 2.44. The van der Waals surface area contributed by atoms with E-state index in [0.29, 0.717) is 51.4 Å². The van der Waals surface area contributed by atoms with E-state index in [-0.39, 0.29) is 31.6 Å². The van der Waals surface area contributed by atoms with E-state index in [9.17, 15) is 34.2 Å². The minimum Gasteiger partial charge on any atom is -0.481 e. The lowest BCUT2D eigenvalue weighted by atomic mass is 9.65. The molecule has 2 atom stereocenters. The van der Waals surface area contributed by atoms with Gasteiger partial charge in [-0.25, -0.2) is 0 Å². The maximum Gasteiger partial charge on any atom is 0.309 e. The molecule has 0 bridgehead atoms. The number of aliphatic carboxylic acids is 5. The van der Waals surface area contributed by atoms with Gasteiger partial charge < -0.3 is 25.5 Å². The Labute approximate surface area is 244 Å². The van der Waals surface area contributed by atoms with E-state index in [2.05, 4.69) is 0 Å². The molecule has 0 radical (unpaired) electrons. The number of carboxylic acid groups (broad SMARTS) is 5. The first-order chi connectivity index (χ1) is 19.5. The summed E-state index contributed by atoms with van der Waals surface area (Å²) in [7, 11) is 0. The minimum atomic E-state index is -1.03. The van der Waals surface area contributed by atoms with E-state index in [1.165, 1.54) is 0 Å². The zero-order valence-electron chi connectivity index (χ0n) is 24.8. The number of hydrogen-bond donors (Lipinski definition) is 5. The number of unbranched alkanes of at least 4 members (excludes halogenated alkanes) is 13. The molecule has 0 aliphatic rings. The molecule has 238 valence electrons. The molecular formula is C31H54O10. The van der Waals surface area contributed by atoms with Crippen molar-refractivity contribution < 1.29 is 49.5 Å². The summed E-state index contributed by atoms with van der Waals surface area (Å²) in [6.45, 7) is 0. The second-order valence-corrected chi connectivity index (χ2v) is 11.5. The van der Waals surface area contributed by atoms with Crippen LogP contribution >= 0.6 is 0 Å². The van der Waals surface area contributed by atoms with E-state index in [1.54, 1.807) is 0 Å². The molecule has 5 N–H and O–H groups in total. The largest absolute Gasteiger partial charge is 0.481 e. The molecule has 10 nitrogen and oxygen atoms in total. The molecule has 0 saturated heterocycles. The fraction of sp³-hybridized carbons (Fsp3) is 0.839. The molecule has 0 heterocycles. The summed E-state index contributed by atoms with van der Waals surface area (Å²) in [5, 5.41) is 46.4. The van der Waals surface area contributed by atoms with E-state index >= 15 is 0 Å². The van der Waals surface area contributed by atoms with Crippen molar-refractivity contribution in [3.05, 3.63) is 0 Å². The number of carbonyl (C=O) groups is 5. The highest BCUT2D eigenvalue weighted by Gasteiger charge is 2.44. The van der Waals surface area contributed by atoms with Crippen LogP contribution in [0.4, 0.5) is 0 Å². The molecule has 0 spiro atoms. The van der Waals surface area contributed by atoms with Gasteiger partial charge in [-0.1, -0.05) is 83.5 Å². The van der Waals surface area contributed by atoms with Crippen LogP contribution in [0.25, 0.3) is 0 Å². The first-order valence-electron chi connectivity index (χ1n) is 15.6. The Balaban J connectivity index is 5.25.